The molecule has 0 bridgehead atoms. The van der Waals surface area contributed by atoms with Crippen molar-refractivity contribution in [3.8, 4) is 5.75 Å². The van der Waals surface area contributed by atoms with Gasteiger partial charge in [0.05, 0.1) is 13.5 Å². The van der Waals surface area contributed by atoms with Gasteiger partial charge in [0.2, 0.25) is 5.91 Å². The van der Waals surface area contributed by atoms with Crippen LogP contribution in [0, 0.1) is 5.82 Å². The lowest BCUT2D eigenvalue weighted by molar-refractivity contribution is -0.147. The number of methoxy groups -OCH3 is 1. The van der Waals surface area contributed by atoms with E-state index in [0.29, 0.717) is 17.1 Å². The second kappa shape index (κ2) is 9.91. The van der Waals surface area contributed by atoms with Gasteiger partial charge in [-0.2, -0.15) is 0 Å². The van der Waals surface area contributed by atoms with Crippen LogP contribution in [-0.4, -0.2) is 31.5 Å². The third kappa shape index (κ3) is 7.15. The van der Waals surface area contributed by atoms with Crippen LogP contribution in [0.5, 0.6) is 5.75 Å². The molecule has 0 radical (unpaired) electrons. The number of carbonyl (C=O) groups excluding carboxylic acids is 3. The summed E-state index contributed by atoms with van der Waals surface area (Å²) in [5.41, 5.74) is 0.962. The third-order valence-corrected chi connectivity index (χ3v) is 3.42. The van der Waals surface area contributed by atoms with E-state index in [1.165, 1.54) is 24.3 Å². The lowest BCUT2D eigenvalue weighted by Crippen LogP contribution is -2.21. The highest BCUT2D eigenvalue weighted by Gasteiger charge is 2.11. The second-order valence-corrected chi connectivity index (χ2v) is 5.49. The van der Waals surface area contributed by atoms with Gasteiger partial charge in [-0.25, -0.2) is 4.39 Å². The van der Waals surface area contributed by atoms with Gasteiger partial charge in [-0.15, -0.1) is 0 Å². The molecule has 2 N–H and O–H groups in total. The Kier molecular flexibility index (Phi) is 7.30. The zero-order valence-corrected chi connectivity index (χ0v) is 14.7. The molecule has 0 heterocycles. The van der Waals surface area contributed by atoms with E-state index in [0.717, 1.165) is 0 Å². The van der Waals surface area contributed by atoms with Gasteiger partial charge < -0.3 is 20.1 Å². The van der Waals surface area contributed by atoms with Crippen molar-refractivity contribution in [2.45, 2.75) is 12.8 Å². The predicted octanol–water partition coefficient (Wildman–Crippen LogP) is 2.73. The Hall–Kier alpha value is -3.42. The average Bonchev–Trinajstić information content (AvgIpc) is 2.67. The normalized spacial score (nSPS) is 10.0. The van der Waals surface area contributed by atoms with E-state index < -0.39 is 24.3 Å². The Balaban J connectivity index is 1.66. The number of benzene rings is 2. The first-order valence-corrected chi connectivity index (χ1v) is 8.11. The zero-order valence-electron chi connectivity index (χ0n) is 14.7. The summed E-state index contributed by atoms with van der Waals surface area (Å²) in [6.45, 7) is -0.490. The first kappa shape index (κ1) is 19.9. The van der Waals surface area contributed by atoms with E-state index in [1.807, 2.05) is 0 Å². The molecule has 0 saturated heterocycles. The maximum Gasteiger partial charge on any atom is 0.306 e. The fourth-order valence-electron chi connectivity index (χ4n) is 2.06. The lowest BCUT2D eigenvalue weighted by atomic mass is 10.2. The van der Waals surface area contributed by atoms with Crippen molar-refractivity contribution in [3.63, 3.8) is 0 Å². The summed E-state index contributed by atoms with van der Waals surface area (Å²) < 4.78 is 22.6. The van der Waals surface area contributed by atoms with Crippen molar-refractivity contribution < 1.29 is 28.2 Å². The Bertz CT molecular complexity index is 791. The minimum atomic E-state index is -0.672. The lowest BCUT2D eigenvalue weighted by Gasteiger charge is -2.07. The molecule has 2 aromatic rings. The standard InChI is InChI=1S/C19H19FN2O5/c1-26-16-8-6-15(7-9-16)21-17(23)10-11-19(25)27-12-18(24)22-14-4-2-13(20)3-5-14/h2-9H,10-12H2,1H3,(H,21,23)(H,22,24). The molecule has 0 aliphatic heterocycles. The molecule has 2 rings (SSSR count). The van der Waals surface area contributed by atoms with Crippen LogP contribution in [0.25, 0.3) is 0 Å². The van der Waals surface area contributed by atoms with E-state index in [2.05, 4.69) is 10.6 Å². The molecule has 0 aliphatic carbocycles. The molecule has 0 spiro atoms. The van der Waals surface area contributed by atoms with E-state index in [1.54, 1.807) is 31.4 Å². The number of esters is 1. The molecule has 7 nitrogen and oxygen atoms in total. The van der Waals surface area contributed by atoms with Crippen LogP contribution < -0.4 is 15.4 Å². The number of amides is 2. The number of halogens is 1. The second-order valence-electron chi connectivity index (χ2n) is 5.49. The molecule has 0 atom stereocenters. The van der Waals surface area contributed by atoms with Gasteiger partial charge in [-0.3, -0.25) is 14.4 Å². The molecule has 0 aliphatic rings. The summed E-state index contributed by atoms with van der Waals surface area (Å²) in [5.74, 6) is -1.34. The van der Waals surface area contributed by atoms with Crippen molar-refractivity contribution >= 4 is 29.2 Å². The largest absolute Gasteiger partial charge is 0.497 e. The Morgan fingerprint density at radius 1 is 0.852 bits per heavy atom. The van der Waals surface area contributed by atoms with E-state index >= 15 is 0 Å². The number of ether oxygens (including phenoxy) is 2. The van der Waals surface area contributed by atoms with Crippen molar-refractivity contribution in [2.24, 2.45) is 0 Å². The Labute approximate surface area is 155 Å². The quantitative estimate of drug-likeness (QED) is 0.693. The summed E-state index contributed by atoms with van der Waals surface area (Å²) in [5, 5.41) is 5.10. The summed E-state index contributed by atoms with van der Waals surface area (Å²) in [7, 11) is 1.54. The van der Waals surface area contributed by atoms with Gasteiger partial charge in [0.1, 0.15) is 11.6 Å². The molecule has 2 aromatic carbocycles. The summed E-state index contributed by atoms with van der Waals surface area (Å²) in [4.78, 5) is 35.1. The number of anilines is 2. The molecule has 27 heavy (non-hydrogen) atoms. The van der Waals surface area contributed by atoms with Crippen molar-refractivity contribution in [3.05, 3.63) is 54.3 Å². The highest BCUT2D eigenvalue weighted by molar-refractivity contribution is 5.94. The van der Waals surface area contributed by atoms with Crippen LogP contribution in [0.4, 0.5) is 15.8 Å². The summed E-state index contributed by atoms with van der Waals surface area (Å²) in [6, 6.07) is 11.9. The van der Waals surface area contributed by atoms with Gasteiger partial charge >= 0.3 is 5.97 Å². The first-order valence-electron chi connectivity index (χ1n) is 8.11. The van der Waals surface area contributed by atoms with Gasteiger partial charge in [-0.05, 0) is 48.5 Å². The third-order valence-electron chi connectivity index (χ3n) is 3.42. The van der Waals surface area contributed by atoms with Gasteiger partial charge in [-0.1, -0.05) is 0 Å². The average molecular weight is 374 g/mol. The molecule has 0 unspecified atom stereocenters. The fraction of sp³-hybridized carbons (Fsp3) is 0.211. The monoisotopic (exact) mass is 374 g/mol. The van der Waals surface area contributed by atoms with Gasteiger partial charge in [0, 0.05) is 17.8 Å². The predicted molar refractivity (Wildman–Crippen MR) is 96.8 cm³/mol. The molecule has 8 heteroatoms. The van der Waals surface area contributed by atoms with Crippen molar-refractivity contribution in [2.75, 3.05) is 24.4 Å². The minimum Gasteiger partial charge on any atom is -0.497 e. The SMILES string of the molecule is COc1ccc(NC(=O)CCC(=O)OCC(=O)Nc2ccc(F)cc2)cc1. The van der Waals surface area contributed by atoms with Crippen LogP contribution in [0.3, 0.4) is 0 Å². The number of hydrogen-bond donors (Lipinski definition) is 2. The van der Waals surface area contributed by atoms with Crippen LogP contribution in [-0.2, 0) is 19.1 Å². The Morgan fingerprint density at radius 3 is 2.00 bits per heavy atom. The number of hydrogen-bond acceptors (Lipinski definition) is 5. The minimum absolute atomic E-state index is 0.0789. The summed E-state index contributed by atoms with van der Waals surface area (Å²) >= 11 is 0. The number of rotatable bonds is 8. The van der Waals surface area contributed by atoms with Gasteiger partial charge in [0.15, 0.2) is 6.61 Å². The molecule has 0 aromatic heterocycles. The molecular weight excluding hydrogens is 355 g/mol. The van der Waals surface area contributed by atoms with Crippen LogP contribution in [0.1, 0.15) is 12.8 Å². The summed E-state index contributed by atoms with van der Waals surface area (Å²) in [6.07, 6.45) is -0.240. The molecule has 0 saturated carbocycles. The van der Waals surface area contributed by atoms with Crippen molar-refractivity contribution in [1.82, 2.24) is 0 Å². The Morgan fingerprint density at radius 2 is 1.41 bits per heavy atom. The maximum absolute atomic E-state index is 12.8. The highest BCUT2D eigenvalue weighted by Crippen LogP contribution is 2.15. The van der Waals surface area contributed by atoms with Crippen LogP contribution >= 0.6 is 0 Å². The van der Waals surface area contributed by atoms with E-state index in [-0.39, 0.29) is 18.7 Å². The molecule has 0 fully saturated rings. The zero-order chi connectivity index (χ0) is 19.6. The molecule has 142 valence electrons. The molecule has 2 amide bonds. The van der Waals surface area contributed by atoms with E-state index in [9.17, 15) is 18.8 Å². The van der Waals surface area contributed by atoms with Gasteiger partial charge in [0.25, 0.3) is 5.91 Å². The highest BCUT2D eigenvalue weighted by atomic mass is 19.1. The van der Waals surface area contributed by atoms with Crippen LogP contribution in [0.15, 0.2) is 48.5 Å². The fourth-order valence-corrected chi connectivity index (χ4v) is 2.06. The molecular formula is C19H19FN2O5. The number of carbonyl (C=O) groups is 3. The van der Waals surface area contributed by atoms with Crippen molar-refractivity contribution in [1.29, 1.82) is 0 Å². The maximum atomic E-state index is 12.8. The smallest absolute Gasteiger partial charge is 0.306 e. The first-order chi connectivity index (χ1) is 13.0. The topological polar surface area (TPSA) is 93.7 Å². The number of nitrogens with one attached hydrogen (secondary N) is 2. The van der Waals surface area contributed by atoms with Crippen LogP contribution in [0.2, 0.25) is 0 Å². The van der Waals surface area contributed by atoms with E-state index in [4.69, 9.17) is 9.47 Å².